The highest BCUT2D eigenvalue weighted by Gasteiger charge is 2.47. The lowest BCUT2D eigenvalue weighted by Gasteiger charge is -2.26. The largest absolute Gasteiger partial charge is 0.507 e. The van der Waals surface area contributed by atoms with Crippen LogP contribution in [0.15, 0.2) is 78.4 Å². The Morgan fingerprint density at radius 1 is 1.00 bits per heavy atom. The standard InChI is InChI=1S/C27H22ClNO6/c1-3-35-27(33)18-5-4-6-20(15-18)29-23(16-9-13-21(34-2)14-10-16)22(25(31)26(29)32)24(30)17-7-11-19(28)12-8-17/h4-15,23,30H,3H2,1-2H3/b24-22+. The van der Waals surface area contributed by atoms with Gasteiger partial charge in [0.05, 0.1) is 30.9 Å². The highest BCUT2D eigenvalue weighted by molar-refractivity contribution is 6.51. The number of hydrogen-bond acceptors (Lipinski definition) is 6. The molecule has 3 aromatic carbocycles. The molecular formula is C27H22ClNO6. The van der Waals surface area contributed by atoms with Gasteiger partial charge >= 0.3 is 5.97 Å². The lowest BCUT2D eigenvalue weighted by Crippen LogP contribution is -2.29. The Morgan fingerprint density at radius 2 is 1.69 bits per heavy atom. The van der Waals surface area contributed by atoms with Crippen molar-refractivity contribution in [2.75, 3.05) is 18.6 Å². The molecule has 35 heavy (non-hydrogen) atoms. The first-order valence-corrected chi connectivity index (χ1v) is 11.2. The van der Waals surface area contributed by atoms with Crippen LogP contribution in [0.1, 0.15) is 34.5 Å². The maximum Gasteiger partial charge on any atom is 0.338 e. The van der Waals surface area contributed by atoms with Gasteiger partial charge in [0, 0.05) is 16.3 Å². The van der Waals surface area contributed by atoms with Gasteiger partial charge in [-0.1, -0.05) is 29.8 Å². The Morgan fingerprint density at radius 3 is 2.31 bits per heavy atom. The molecule has 8 heteroatoms. The number of amides is 1. The maximum atomic E-state index is 13.3. The summed E-state index contributed by atoms with van der Waals surface area (Å²) in [6, 6.07) is 18.5. The minimum Gasteiger partial charge on any atom is -0.507 e. The number of halogens is 1. The molecule has 178 valence electrons. The smallest absolute Gasteiger partial charge is 0.338 e. The van der Waals surface area contributed by atoms with Gasteiger partial charge < -0.3 is 14.6 Å². The number of anilines is 1. The molecule has 1 atom stereocenters. The number of carbonyl (C=O) groups excluding carboxylic acids is 3. The molecule has 0 aromatic heterocycles. The molecule has 7 nitrogen and oxygen atoms in total. The Labute approximate surface area is 207 Å². The number of ether oxygens (including phenoxy) is 2. The Hall–Kier alpha value is -4.10. The van der Waals surface area contributed by atoms with Gasteiger partial charge in [0.2, 0.25) is 0 Å². The second-order valence-corrected chi connectivity index (χ2v) is 8.16. The van der Waals surface area contributed by atoms with Crippen LogP contribution < -0.4 is 9.64 Å². The first-order chi connectivity index (χ1) is 16.8. The molecule has 0 bridgehead atoms. The Kier molecular flexibility index (Phi) is 6.89. The number of hydrogen-bond donors (Lipinski definition) is 1. The summed E-state index contributed by atoms with van der Waals surface area (Å²) < 4.78 is 10.3. The van der Waals surface area contributed by atoms with Gasteiger partial charge in [-0.25, -0.2) is 4.79 Å². The SMILES string of the molecule is CCOC(=O)c1cccc(N2C(=O)C(=O)/C(=C(/O)c3ccc(Cl)cc3)C2c2ccc(OC)cc2)c1. The zero-order valence-corrected chi connectivity index (χ0v) is 19.8. The summed E-state index contributed by atoms with van der Waals surface area (Å²) in [4.78, 5) is 40.1. The third-order valence-corrected chi connectivity index (χ3v) is 5.88. The molecule has 1 saturated heterocycles. The number of benzene rings is 3. The van der Waals surface area contributed by atoms with E-state index in [1.165, 1.54) is 18.1 Å². The number of nitrogens with zero attached hydrogens (tertiary/aromatic N) is 1. The summed E-state index contributed by atoms with van der Waals surface area (Å²) in [6.45, 7) is 1.89. The fourth-order valence-electron chi connectivity index (χ4n) is 3.96. The Bertz CT molecular complexity index is 1310. The predicted molar refractivity (Wildman–Crippen MR) is 132 cm³/mol. The summed E-state index contributed by atoms with van der Waals surface area (Å²) in [5.74, 6) is -1.96. The van der Waals surface area contributed by atoms with E-state index in [0.717, 1.165) is 0 Å². The number of aliphatic hydroxyl groups is 1. The van der Waals surface area contributed by atoms with Crippen LogP contribution in [0.5, 0.6) is 5.75 Å². The molecule has 0 spiro atoms. The van der Waals surface area contributed by atoms with Gasteiger partial charge in [-0.05, 0) is 67.1 Å². The molecule has 4 rings (SSSR count). The fraction of sp³-hybridized carbons (Fsp3) is 0.148. The molecule has 0 saturated carbocycles. The summed E-state index contributed by atoms with van der Waals surface area (Å²) in [5, 5.41) is 11.6. The summed E-state index contributed by atoms with van der Waals surface area (Å²) in [7, 11) is 1.53. The van der Waals surface area contributed by atoms with Crippen molar-refractivity contribution in [1.29, 1.82) is 0 Å². The summed E-state index contributed by atoms with van der Waals surface area (Å²) in [5.41, 5.74) is 1.38. The van der Waals surface area contributed by atoms with Crippen LogP contribution in [0, 0.1) is 0 Å². The van der Waals surface area contributed by atoms with E-state index >= 15 is 0 Å². The average molecular weight is 492 g/mol. The summed E-state index contributed by atoms with van der Waals surface area (Å²) in [6.07, 6.45) is 0. The van der Waals surface area contributed by atoms with Crippen molar-refractivity contribution in [3.05, 3.63) is 100 Å². The molecule has 1 aliphatic heterocycles. The third-order valence-electron chi connectivity index (χ3n) is 5.63. The van der Waals surface area contributed by atoms with Crippen LogP contribution >= 0.6 is 11.6 Å². The van der Waals surface area contributed by atoms with Gasteiger partial charge in [0.15, 0.2) is 0 Å². The molecule has 1 aliphatic rings. The van der Waals surface area contributed by atoms with Crippen LogP contribution in [0.3, 0.4) is 0 Å². The number of carbonyl (C=O) groups is 3. The predicted octanol–water partition coefficient (Wildman–Crippen LogP) is 5.15. The van der Waals surface area contributed by atoms with Gasteiger partial charge in [-0.15, -0.1) is 0 Å². The van der Waals surface area contributed by atoms with E-state index in [9.17, 15) is 19.5 Å². The van der Waals surface area contributed by atoms with Gasteiger partial charge in [0.1, 0.15) is 11.5 Å². The lowest BCUT2D eigenvalue weighted by molar-refractivity contribution is -0.132. The number of esters is 1. The van der Waals surface area contributed by atoms with Crippen molar-refractivity contribution in [1.82, 2.24) is 0 Å². The monoisotopic (exact) mass is 491 g/mol. The molecule has 1 heterocycles. The van der Waals surface area contributed by atoms with E-state index in [4.69, 9.17) is 21.1 Å². The minimum atomic E-state index is -0.950. The van der Waals surface area contributed by atoms with Gasteiger partial charge in [-0.2, -0.15) is 0 Å². The quantitative estimate of drug-likeness (QED) is 0.222. The van der Waals surface area contributed by atoms with E-state index < -0.39 is 23.7 Å². The van der Waals surface area contributed by atoms with Crippen LogP contribution in [-0.4, -0.2) is 36.5 Å². The van der Waals surface area contributed by atoms with Crippen LogP contribution in [0.4, 0.5) is 5.69 Å². The molecule has 1 N–H and O–H groups in total. The van der Waals surface area contributed by atoms with Crippen molar-refractivity contribution in [2.45, 2.75) is 13.0 Å². The Balaban J connectivity index is 1.90. The highest BCUT2D eigenvalue weighted by atomic mass is 35.5. The van der Waals surface area contributed by atoms with E-state index in [2.05, 4.69) is 0 Å². The zero-order valence-electron chi connectivity index (χ0n) is 19.0. The molecule has 1 unspecified atom stereocenters. The van der Waals surface area contributed by atoms with Gasteiger partial charge in [-0.3, -0.25) is 14.5 Å². The van der Waals surface area contributed by atoms with Gasteiger partial charge in [0.25, 0.3) is 11.7 Å². The highest BCUT2D eigenvalue weighted by Crippen LogP contribution is 2.42. The molecule has 3 aromatic rings. The van der Waals surface area contributed by atoms with Crippen molar-refractivity contribution in [3.63, 3.8) is 0 Å². The van der Waals surface area contributed by atoms with Crippen molar-refractivity contribution in [3.8, 4) is 5.75 Å². The third kappa shape index (κ3) is 4.63. The second-order valence-electron chi connectivity index (χ2n) is 7.72. The number of rotatable bonds is 6. The number of ketones is 1. The molecule has 0 radical (unpaired) electrons. The zero-order chi connectivity index (χ0) is 25.1. The molecular weight excluding hydrogens is 470 g/mol. The number of aliphatic hydroxyl groups excluding tert-OH is 1. The normalized spacial score (nSPS) is 16.9. The van der Waals surface area contributed by atoms with Crippen molar-refractivity contribution >= 4 is 40.7 Å². The average Bonchev–Trinajstić information content (AvgIpc) is 3.14. The van der Waals surface area contributed by atoms with Crippen molar-refractivity contribution < 1.29 is 29.0 Å². The first-order valence-electron chi connectivity index (χ1n) is 10.8. The lowest BCUT2D eigenvalue weighted by atomic mass is 9.95. The van der Waals surface area contributed by atoms with Crippen LogP contribution in [-0.2, 0) is 14.3 Å². The van der Waals surface area contributed by atoms with Crippen molar-refractivity contribution in [2.24, 2.45) is 0 Å². The van der Waals surface area contributed by atoms with E-state index in [1.807, 2.05) is 0 Å². The number of Topliss-reactive ketones (excluding diaryl/α,β-unsaturated/α-hetero) is 1. The second kappa shape index (κ2) is 10.0. The molecule has 1 amide bonds. The van der Waals surface area contributed by atoms with Crippen LogP contribution in [0.25, 0.3) is 5.76 Å². The van der Waals surface area contributed by atoms with E-state index in [-0.39, 0.29) is 23.5 Å². The van der Waals surface area contributed by atoms with E-state index in [1.54, 1.807) is 73.7 Å². The molecule has 1 fully saturated rings. The minimum absolute atomic E-state index is 0.0796. The summed E-state index contributed by atoms with van der Waals surface area (Å²) >= 11 is 5.97. The topological polar surface area (TPSA) is 93.1 Å². The maximum absolute atomic E-state index is 13.3. The molecule has 0 aliphatic carbocycles. The van der Waals surface area contributed by atoms with Crippen LogP contribution in [0.2, 0.25) is 5.02 Å². The number of methoxy groups -OCH3 is 1. The van der Waals surface area contributed by atoms with E-state index in [0.29, 0.717) is 27.6 Å². The fourth-order valence-corrected chi connectivity index (χ4v) is 4.09. The first kappa shape index (κ1) is 24.0.